The Morgan fingerprint density at radius 2 is 2.18 bits per heavy atom. The first-order valence-electron chi connectivity index (χ1n) is 6.19. The average molecular weight is 236 g/mol. The summed E-state index contributed by atoms with van der Waals surface area (Å²) in [5.41, 5.74) is 0.769. The molecule has 2 aliphatic rings. The molecule has 0 radical (unpaired) electrons. The van der Waals surface area contributed by atoms with Gasteiger partial charge in [-0.1, -0.05) is 6.07 Å². The van der Waals surface area contributed by atoms with Crippen molar-refractivity contribution in [3.05, 3.63) is 29.6 Å². The van der Waals surface area contributed by atoms with Gasteiger partial charge in [-0.05, 0) is 12.1 Å². The van der Waals surface area contributed by atoms with E-state index in [0.29, 0.717) is 6.61 Å². The van der Waals surface area contributed by atoms with Crippen molar-refractivity contribution in [2.45, 2.75) is 5.92 Å². The van der Waals surface area contributed by atoms with E-state index in [9.17, 15) is 4.39 Å². The second-order valence-corrected chi connectivity index (χ2v) is 4.71. The molecule has 0 spiro atoms. The molecular weight excluding hydrogens is 219 g/mol. The summed E-state index contributed by atoms with van der Waals surface area (Å²) < 4.78 is 19.3. The van der Waals surface area contributed by atoms with E-state index < -0.39 is 0 Å². The molecule has 17 heavy (non-hydrogen) atoms. The van der Waals surface area contributed by atoms with Gasteiger partial charge in [-0.25, -0.2) is 4.39 Å². The van der Waals surface area contributed by atoms with Gasteiger partial charge in [0.1, 0.15) is 11.6 Å². The molecule has 1 aromatic carbocycles. The van der Waals surface area contributed by atoms with Gasteiger partial charge in [0.05, 0.1) is 6.61 Å². The topological polar surface area (TPSA) is 24.5 Å². The van der Waals surface area contributed by atoms with Gasteiger partial charge in [-0.15, -0.1) is 0 Å². The van der Waals surface area contributed by atoms with E-state index in [4.69, 9.17) is 4.74 Å². The van der Waals surface area contributed by atoms with E-state index in [-0.39, 0.29) is 11.7 Å². The Bertz CT molecular complexity index is 404. The first-order chi connectivity index (χ1) is 8.34. The highest BCUT2D eigenvalue weighted by Crippen LogP contribution is 2.36. The summed E-state index contributed by atoms with van der Waals surface area (Å²) in [6.45, 7) is 5.64. The lowest BCUT2D eigenvalue weighted by molar-refractivity contribution is 0.210. The van der Waals surface area contributed by atoms with Crippen LogP contribution in [0.25, 0.3) is 0 Å². The fourth-order valence-corrected chi connectivity index (χ4v) is 2.66. The Morgan fingerprint density at radius 1 is 1.35 bits per heavy atom. The van der Waals surface area contributed by atoms with E-state index in [2.05, 4.69) is 10.2 Å². The molecule has 2 aliphatic heterocycles. The van der Waals surface area contributed by atoms with E-state index >= 15 is 0 Å². The highest BCUT2D eigenvalue weighted by atomic mass is 19.1. The summed E-state index contributed by atoms with van der Waals surface area (Å²) in [5, 5.41) is 3.32. The predicted molar refractivity (Wildman–Crippen MR) is 63.9 cm³/mol. The number of nitrogens with one attached hydrogen (secondary N) is 1. The molecule has 3 rings (SSSR count). The van der Waals surface area contributed by atoms with Gasteiger partial charge in [-0.2, -0.15) is 0 Å². The van der Waals surface area contributed by atoms with E-state index in [0.717, 1.165) is 44.0 Å². The zero-order chi connectivity index (χ0) is 11.7. The van der Waals surface area contributed by atoms with Gasteiger partial charge >= 0.3 is 0 Å². The van der Waals surface area contributed by atoms with Gasteiger partial charge in [-0.3, -0.25) is 0 Å². The maximum Gasteiger partial charge on any atom is 0.130 e. The first-order valence-corrected chi connectivity index (χ1v) is 6.19. The fourth-order valence-electron chi connectivity index (χ4n) is 2.66. The zero-order valence-electron chi connectivity index (χ0n) is 9.79. The molecule has 92 valence electrons. The number of hydrogen-bond donors (Lipinski definition) is 1. The molecule has 1 fully saturated rings. The Morgan fingerprint density at radius 3 is 3.00 bits per heavy atom. The fraction of sp³-hybridized carbons (Fsp3) is 0.538. The number of ether oxygens (including phenoxy) is 1. The standard InChI is InChI=1S/C13H17FN2O/c14-11-2-1-3-12-13(11)10(9-17-12)8-16-6-4-15-5-7-16/h1-3,10,15H,4-9H2. The molecule has 1 aromatic rings. The van der Waals surface area contributed by atoms with Gasteiger partial charge in [0, 0.05) is 44.2 Å². The first kappa shape index (κ1) is 11.0. The second kappa shape index (κ2) is 4.63. The van der Waals surface area contributed by atoms with Crippen LogP contribution >= 0.6 is 0 Å². The van der Waals surface area contributed by atoms with Crippen LogP contribution < -0.4 is 10.1 Å². The number of rotatable bonds is 2. The van der Waals surface area contributed by atoms with Crippen molar-refractivity contribution in [2.24, 2.45) is 0 Å². The summed E-state index contributed by atoms with van der Waals surface area (Å²) in [6, 6.07) is 5.09. The van der Waals surface area contributed by atoms with Crippen molar-refractivity contribution < 1.29 is 9.13 Å². The summed E-state index contributed by atoms with van der Waals surface area (Å²) in [7, 11) is 0. The third kappa shape index (κ3) is 2.15. The summed E-state index contributed by atoms with van der Waals surface area (Å²) >= 11 is 0. The third-order valence-electron chi connectivity index (χ3n) is 3.55. The normalized spacial score (nSPS) is 24.4. The summed E-state index contributed by atoms with van der Waals surface area (Å²) in [4.78, 5) is 2.38. The van der Waals surface area contributed by atoms with Crippen molar-refractivity contribution in [3.8, 4) is 5.75 Å². The van der Waals surface area contributed by atoms with Crippen LogP contribution in [0.2, 0.25) is 0 Å². The van der Waals surface area contributed by atoms with Crippen LogP contribution in [-0.2, 0) is 0 Å². The highest BCUT2D eigenvalue weighted by molar-refractivity contribution is 5.41. The van der Waals surface area contributed by atoms with Gasteiger partial charge in [0.25, 0.3) is 0 Å². The monoisotopic (exact) mass is 236 g/mol. The minimum Gasteiger partial charge on any atom is -0.492 e. The summed E-state index contributed by atoms with van der Waals surface area (Å²) in [6.07, 6.45) is 0. The summed E-state index contributed by atoms with van der Waals surface area (Å²) in [5.74, 6) is 0.787. The smallest absolute Gasteiger partial charge is 0.130 e. The molecule has 0 amide bonds. The molecule has 0 aliphatic carbocycles. The molecule has 0 bridgehead atoms. The second-order valence-electron chi connectivity index (χ2n) is 4.71. The van der Waals surface area contributed by atoms with Crippen LogP contribution in [0.5, 0.6) is 5.75 Å². The van der Waals surface area contributed by atoms with E-state index in [1.807, 2.05) is 6.07 Å². The molecule has 4 heteroatoms. The lowest BCUT2D eigenvalue weighted by atomic mass is 10.00. The highest BCUT2D eigenvalue weighted by Gasteiger charge is 2.29. The van der Waals surface area contributed by atoms with Crippen LogP contribution in [0.1, 0.15) is 11.5 Å². The molecule has 0 saturated carbocycles. The lowest BCUT2D eigenvalue weighted by Crippen LogP contribution is -2.45. The molecule has 3 nitrogen and oxygen atoms in total. The van der Waals surface area contributed by atoms with Gasteiger partial charge in [0.2, 0.25) is 0 Å². The maximum absolute atomic E-state index is 13.8. The Kier molecular flexibility index (Phi) is 2.99. The number of benzene rings is 1. The average Bonchev–Trinajstić information content (AvgIpc) is 2.75. The third-order valence-corrected chi connectivity index (χ3v) is 3.55. The molecule has 1 saturated heterocycles. The molecule has 0 aromatic heterocycles. The maximum atomic E-state index is 13.8. The number of hydrogen-bond acceptors (Lipinski definition) is 3. The van der Waals surface area contributed by atoms with Crippen molar-refractivity contribution in [2.75, 3.05) is 39.3 Å². The van der Waals surface area contributed by atoms with Gasteiger partial charge < -0.3 is 15.0 Å². The molecular formula is C13H17FN2O. The van der Waals surface area contributed by atoms with Crippen molar-refractivity contribution in [1.29, 1.82) is 0 Å². The minimum atomic E-state index is -0.125. The van der Waals surface area contributed by atoms with Crippen molar-refractivity contribution >= 4 is 0 Å². The number of fused-ring (bicyclic) bond motifs is 1. The Hall–Kier alpha value is -1.13. The predicted octanol–water partition coefficient (Wildman–Crippen LogP) is 1.21. The molecule has 1 atom stereocenters. The van der Waals surface area contributed by atoms with Gasteiger partial charge in [0.15, 0.2) is 0 Å². The van der Waals surface area contributed by atoms with E-state index in [1.165, 1.54) is 6.07 Å². The minimum absolute atomic E-state index is 0.125. The van der Waals surface area contributed by atoms with Crippen LogP contribution in [0.4, 0.5) is 4.39 Å². The van der Waals surface area contributed by atoms with Crippen molar-refractivity contribution in [1.82, 2.24) is 10.2 Å². The number of piperazine rings is 1. The van der Waals surface area contributed by atoms with Crippen LogP contribution in [0.15, 0.2) is 18.2 Å². The Balaban J connectivity index is 1.74. The lowest BCUT2D eigenvalue weighted by Gasteiger charge is -2.29. The van der Waals surface area contributed by atoms with Crippen LogP contribution in [-0.4, -0.2) is 44.2 Å². The largest absolute Gasteiger partial charge is 0.492 e. The molecule has 2 heterocycles. The SMILES string of the molecule is Fc1cccc2c1C(CN1CCNCC1)CO2. The molecule has 1 unspecified atom stereocenters. The zero-order valence-corrected chi connectivity index (χ0v) is 9.79. The van der Waals surface area contributed by atoms with Crippen molar-refractivity contribution in [3.63, 3.8) is 0 Å². The van der Waals surface area contributed by atoms with Crippen LogP contribution in [0, 0.1) is 5.82 Å². The number of halogens is 1. The number of nitrogens with zero attached hydrogens (tertiary/aromatic N) is 1. The van der Waals surface area contributed by atoms with Crippen LogP contribution in [0.3, 0.4) is 0 Å². The quantitative estimate of drug-likeness (QED) is 0.835. The Labute approximate surface area is 101 Å². The van der Waals surface area contributed by atoms with E-state index in [1.54, 1.807) is 6.07 Å². The molecule has 1 N–H and O–H groups in total.